The quantitative estimate of drug-likeness (QED) is 0.720. The first kappa shape index (κ1) is 18.7. The zero-order valence-electron chi connectivity index (χ0n) is 14.8. The lowest BCUT2D eigenvalue weighted by Gasteiger charge is -2.12. The Hall–Kier alpha value is -2.08. The van der Waals surface area contributed by atoms with Crippen molar-refractivity contribution < 1.29 is 17.9 Å². The Morgan fingerprint density at radius 1 is 1.08 bits per heavy atom. The molecule has 1 aliphatic carbocycles. The van der Waals surface area contributed by atoms with Crippen LogP contribution < -0.4 is 10.1 Å². The lowest BCUT2D eigenvalue weighted by Crippen LogP contribution is -2.31. The van der Waals surface area contributed by atoms with Gasteiger partial charge in [0, 0.05) is 11.8 Å². The second kappa shape index (κ2) is 8.54. The molecule has 3 rings (SSSR count). The molecule has 140 valence electrons. The van der Waals surface area contributed by atoms with Gasteiger partial charge in [-0.25, -0.2) is 8.42 Å². The molecule has 0 unspecified atom stereocenters. The van der Waals surface area contributed by atoms with Crippen molar-refractivity contribution in [2.45, 2.75) is 37.4 Å². The number of ether oxygens (including phenoxy) is 1. The predicted molar refractivity (Wildman–Crippen MR) is 103 cm³/mol. The Morgan fingerprint density at radius 2 is 1.81 bits per heavy atom. The Balaban J connectivity index is 1.41. The topological polar surface area (TPSA) is 72.5 Å². The molecule has 5 nitrogen and oxygen atoms in total. The number of hydrogen-bond acceptors (Lipinski definition) is 4. The fourth-order valence-electron chi connectivity index (χ4n) is 3.41. The summed E-state index contributed by atoms with van der Waals surface area (Å²) in [7, 11) is -3.15. The van der Waals surface area contributed by atoms with Gasteiger partial charge in [-0.15, -0.1) is 0 Å². The van der Waals surface area contributed by atoms with Crippen LogP contribution in [-0.4, -0.2) is 38.5 Å². The van der Waals surface area contributed by atoms with Gasteiger partial charge in [0.1, 0.15) is 12.4 Å². The smallest absolute Gasteiger partial charge is 0.221 e. The fourth-order valence-corrected chi connectivity index (χ4v) is 5.27. The fraction of sp³-hybridized carbons (Fsp3) is 0.450. The van der Waals surface area contributed by atoms with E-state index >= 15 is 0 Å². The van der Waals surface area contributed by atoms with Gasteiger partial charge in [-0.1, -0.05) is 49.2 Å². The zero-order valence-corrected chi connectivity index (χ0v) is 15.6. The lowest BCUT2D eigenvalue weighted by atomic mass is 10.1. The summed E-state index contributed by atoms with van der Waals surface area (Å²) >= 11 is 0. The molecule has 1 fully saturated rings. The van der Waals surface area contributed by atoms with Gasteiger partial charge in [-0.3, -0.25) is 4.79 Å². The van der Waals surface area contributed by atoms with Crippen LogP contribution >= 0.6 is 0 Å². The first-order chi connectivity index (χ1) is 12.6. The molecular formula is C20H25NO4S. The van der Waals surface area contributed by atoms with E-state index in [0.29, 0.717) is 13.2 Å². The van der Waals surface area contributed by atoms with Gasteiger partial charge in [0.2, 0.25) is 5.91 Å². The molecule has 1 saturated carbocycles. The number of hydrogen-bond donors (Lipinski definition) is 1. The standard InChI is InChI=1S/C20H25NO4S/c22-20(12-15-26(23,24)17-8-2-3-9-17)21-13-14-25-19-11-5-7-16-6-1-4-10-18(16)19/h1,4-7,10-11,17H,2-3,8-9,12-15H2,(H,21,22). The maximum Gasteiger partial charge on any atom is 0.221 e. The average Bonchev–Trinajstić information content (AvgIpc) is 3.19. The van der Waals surface area contributed by atoms with Gasteiger partial charge in [-0.05, 0) is 24.3 Å². The van der Waals surface area contributed by atoms with Crippen LogP contribution in [0.1, 0.15) is 32.1 Å². The van der Waals surface area contributed by atoms with Crippen molar-refractivity contribution in [2.24, 2.45) is 0 Å². The van der Waals surface area contributed by atoms with Crippen LogP contribution in [0, 0.1) is 0 Å². The number of nitrogens with one attached hydrogen (secondary N) is 1. The van der Waals surface area contributed by atoms with Crippen molar-refractivity contribution in [1.82, 2.24) is 5.32 Å². The number of carbonyl (C=O) groups is 1. The third kappa shape index (κ3) is 4.75. The molecular weight excluding hydrogens is 350 g/mol. The summed E-state index contributed by atoms with van der Waals surface area (Å²) in [5.74, 6) is 0.475. The molecule has 26 heavy (non-hydrogen) atoms. The van der Waals surface area contributed by atoms with E-state index in [2.05, 4.69) is 5.32 Å². The molecule has 0 bridgehead atoms. The second-order valence-electron chi connectivity index (χ2n) is 6.70. The highest BCUT2D eigenvalue weighted by molar-refractivity contribution is 7.92. The summed E-state index contributed by atoms with van der Waals surface area (Å²) in [6.45, 7) is 0.695. The van der Waals surface area contributed by atoms with E-state index in [1.165, 1.54) is 0 Å². The average molecular weight is 375 g/mol. The summed E-state index contributed by atoms with van der Waals surface area (Å²) in [6, 6.07) is 13.8. The zero-order chi connectivity index (χ0) is 18.4. The van der Waals surface area contributed by atoms with Gasteiger partial charge in [0.25, 0.3) is 0 Å². The van der Waals surface area contributed by atoms with E-state index in [1.807, 2.05) is 42.5 Å². The Labute approximate surface area is 154 Å². The van der Waals surface area contributed by atoms with E-state index in [4.69, 9.17) is 4.74 Å². The van der Waals surface area contributed by atoms with Crippen LogP contribution in [0.4, 0.5) is 0 Å². The summed E-state index contributed by atoms with van der Waals surface area (Å²) in [6.07, 6.45) is 3.45. The van der Waals surface area contributed by atoms with Crippen molar-refractivity contribution in [3.05, 3.63) is 42.5 Å². The number of rotatable bonds is 8. The van der Waals surface area contributed by atoms with E-state index < -0.39 is 9.84 Å². The normalized spacial score (nSPS) is 15.2. The van der Waals surface area contributed by atoms with Crippen molar-refractivity contribution in [1.29, 1.82) is 0 Å². The third-order valence-electron chi connectivity index (χ3n) is 4.86. The van der Waals surface area contributed by atoms with Crippen LogP contribution in [-0.2, 0) is 14.6 Å². The molecule has 0 saturated heterocycles. The maximum atomic E-state index is 12.2. The molecule has 0 atom stereocenters. The summed E-state index contributed by atoms with van der Waals surface area (Å²) < 4.78 is 30.1. The summed E-state index contributed by atoms with van der Waals surface area (Å²) in [5, 5.41) is 4.62. The van der Waals surface area contributed by atoms with Crippen molar-refractivity contribution >= 4 is 26.5 Å². The molecule has 0 radical (unpaired) electrons. The summed E-state index contributed by atoms with van der Waals surface area (Å²) in [5.41, 5.74) is 0. The molecule has 0 aromatic heterocycles. The molecule has 1 amide bonds. The Morgan fingerprint density at radius 3 is 2.62 bits per heavy atom. The second-order valence-corrected chi connectivity index (χ2v) is 9.10. The minimum absolute atomic E-state index is 0.0209. The highest BCUT2D eigenvalue weighted by Gasteiger charge is 2.28. The molecule has 0 spiro atoms. The summed E-state index contributed by atoms with van der Waals surface area (Å²) in [4.78, 5) is 11.9. The molecule has 0 aliphatic heterocycles. The highest BCUT2D eigenvalue weighted by atomic mass is 32.2. The number of benzene rings is 2. The molecule has 2 aromatic rings. The van der Waals surface area contributed by atoms with Gasteiger partial charge < -0.3 is 10.1 Å². The van der Waals surface area contributed by atoms with E-state index in [-0.39, 0.29) is 23.3 Å². The first-order valence-corrected chi connectivity index (χ1v) is 10.9. The Kier molecular flexibility index (Phi) is 6.14. The highest BCUT2D eigenvalue weighted by Crippen LogP contribution is 2.26. The van der Waals surface area contributed by atoms with Crippen LogP contribution in [0.15, 0.2) is 42.5 Å². The van der Waals surface area contributed by atoms with Crippen molar-refractivity contribution in [3.8, 4) is 5.75 Å². The number of carbonyl (C=O) groups excluding carboxylic acids is 1. The van der Waals surface area contributed by atoms with E-state index in [1.54, 1.807) is 0 Å². The van der Waals surface area contributed by atoms with Crippen LogP contribution in [0.2, 0.25) is 0 Å². The molecule has 0 heterocycles. The van der Waals surface area contributed by atoms with Crippen LogP contribution in [0.5, 0.6) is 5.75 Å². The minimum Gasteiger partial charge on any atom is -0.491 e. The Bertz CT molecular complexity index is 852. The third-order valence-corrected chi connectivity index (χ3v) is 7.12. The van der Waals surface area contributed by atoms with Gasteiger partial charge in [-0.2, -0.15) is 0 Å². The van der Waals surface area contributed by atoms with E-state index in [9.17, 15) is 13.2 Å². The number of amides is 1. The van der Waals surface area contributed by atoms with Gasteiger partial charge >= 0.3 is 0 Å². The monoisotopic (exact) mass is 375 g/mol. The maximum absolute atomic E-state index is 12.2. The van der Waals surface area contributed by atoms with Crippen molar-refractivity contribution in [3.63, 3.8) is 0 Å². The van der Waals surface area contributed by atoms with Gasteiger partial charge in [0.15, 0.2) is 9.84 Å². The largest absolute Gasteiger partial charge is 0.491 e. The predicted octanol–water partition coefficient (Wildman–Crippen LogP) is 3.08. The minimum atomic E-state index is -3.15. The van der Waals surface area contributed by atoms with Crippen LogP contribution in [0.3, 0.4) is 0 Å². The van der Waals surface area contributed by atoms with Crippen LogP contribution in [0.25, 0.3) is 10.8 Å². The van der Waals surface area contributed by atoms with E-state index in [0.717, 1.165) is 42.2 Å². The number of fused-ring (bicyclic) bond motifs is 1. The first-order valence-electron chi connectivity index (χ1n) is 9.15. The molecule has 2 aromatic carbocycles. The van der Waals surface area contributed by atoms with Crippen molar-refractivity contribution in [2.75, 3.05) is 18.9 Å². The molecule has 6 heteroatoms. The number of sulfone groups is 1. The SMILES string of the molecule is O=C(CCS(=O)(=O)C1CCCC1)NCCOc1cccc2ccccc12. The lowest BCUT2D eigenvalue weighted by molar-refractivity contribution is -0.120. The molecule has 1 N–H and O–H groups in total. The molecule has 1 aliphatic rings. The van der Waals surface area contributed by atoms with Gasteiger partial charge in [0.05, 0.1) is 17.5 Å².